The third kappa shape index (κ3) is 3.09. The molecular formula is C13H17ClN4. The zero-order chi connectivity index (χ0) is 13.0. The summed E-state index contributed by atoms with van der Waals surface area (Å²) in [6, 6.07) is 8.26. The topological polar surface area (TPSA) is 42.7 Å². The smallest absolute Gasteiger partial charge is 0.146 e. The number of nitrogens with zero attached hydrogens (tertiary/aromatic N) is 3. The van der Waals surface area contributed by atoms with Crippen LogP contribution in [-0.4, -0.2) is 14.8 Å². The summed E-state index contributed by atoms with van der Waals surface area (Å²) in [5.74, 6) is 0.933. The first kappa shape index (κ1) is 13.1. The van der Waals surface area contributed by atoms with Crippen molar-refractivity contribution in [1.29, 1.82) is 0 Å². The second-order valence-electron chi connectivity index (χ2n) is 4.25. The molecule has 1 N–H and O–H groups in total. The fraction of sp³-hybridized carbons (Fsp3) is 0.385. The Morgan fingerprint density at radius 1 is 1.33 bits per heavy atom. The third-order valence-corrected chi connectivity index (χ3v) is 3.24. The van der Waals surface area contributed by atoms with Gasteiger partial charge in [0.2, 0.25) is 0 Å². The molecule has 1 unspecified atom stereocenters. The standard InChI is InChI=1S/C13H17ClN4/c1-3-12(10-4-6-11(14)7-5-10)15-8-13-17-16-9-18(13)2/h4-7,9,12,15H,3,8H2,1-2H3. The van der Waals surface area contributed by atoms with Crippen molar-refractivity contribution in [2.45, 2.75) is 25.9 Å². The Morgan fingerprint density at radius 2 is 2.06 bits per heavy atom. The lowest BCUT2D eigenvalue weighted by molar-refractivity contribution is 0.501. The van der Waals surface area contributed by atoms with Crippen molar-refractivity contribution >= 4 is 11.6 Å². The molecular weight excluding hydrogens is 248 g/mol. The Morgan fingerprint density at radius 3 is 2.61 bits per heavy atom. The van der Waals surface area contributed by atoms with Crippen molar-refractivity contribution in [3.05, 3.63) is 47.0 Å². The molecule has 0 saturated heterocycles. The van der Waals surface area contributed by atoms with Crippen LogP contribution in [0.5, 0.6) is 0 Å². The van der Waals surface area contributed by atoms with E-state index in [1.54, 1.807) is 6.33 Å². The van der Waals surface area contributed by atoms with Crippen LogP contribution in [0.3, 0.4) is 0 Å². The molecule has 0 aliphatic heterocycles. The molecule has 1 aromatic heterocycles. The Labute approximate surface area is 112 Å². The number of hydrogen-bond donors (Lipinski definition) is 1. The molecule has 4 nitrogen and oxygen atoms in total. The highest BCUT2D eigenvalue weighted by Gasteiger charge is 2.10. The first-order chi connectivity index (χ1) is 8.70. The van der Waals surface area contributed by atoms with Crippen molar-refractivity contribution in [1.82, 2.24) is 20.1 Å². The first-order valence-corrected chi connectivity index (χ1v) is 6.40. The maximum absolute atomic E-state index is 5.90. The number of rotatable bonds is 5. The van der Waals surface area contributed by atoms with Gasteiger partial charge in [-0.1, -0.05) is 30.7 Å². The zero-order valence-electron chi connectivity index (χ0n) is 10.6. The number of aromatic nitrogens is 3. The number of halogens is 1. The maximum Gasteiger partial charge on any atom is 0.146 e. The van der Waals surface area contributed by atoms with Crippen LogP contribution in [-0.2, 0) is 13.6 Å². The molecule has 96 valence electrons. The molecule has 5 heteroatoms. The summed E-state index contributed by atoms with van der Waals surface area (Å²) in [5.41, 5.74) is 1.24. The number of aryl methyl sites for hydroxylation is 1. The maximum atomic E-state index is 5.90. The predicted molar refractivity (Wildman–Crippen MR) is 72.3 cm³/mol. The molecule has 0 aliphatic rings. The average molecular weight is 265 g/mol. The fourth-order valence-corrected chi connectivity index (χ4v) is 2.00. The summed E-state index contributed by atoms with van der Waals surface area (Å²) in [7, 11) is 1.94. The molecule has 0 radical (unpaired) electrons. The molecule has 2 aromatic rings. The summed E-state index contributed by atoms with van der Waals surface area (Å²) < 4.78 is 1.92. The van der Waals surface area contributed by atoms with Crippen molar-refractivity contribution in [3.8, 4) is 0 Å². The van der Waals surface area contributed by atoms with Crippen LogP contribution < -0.4 is 5.32 Å². The zero-order valence-corrected chi connectivity index (χ0v) is 11.4. The lowest BCUT2D eigenvalue weighted by atomic mass is 10.0. The molecule has 18 heavy (non-hydrogen) atoms. The van der Waals surface area contributed by atoms with Crippen molar-refractivity contribution in [3.63, 3.8) is 0 Å². The van der Waals surface area contributed by atoms with Gasteiger partial charge in [-0.15, -0.1) is 10.2 Å². The highest BCUT2D eigenvalue weighted by molar-refractivity contribution is 6.30. The molecule has 0 aliphatic carbocycles. The van der Waals surface area contributed by atoms with Crippen LogP contribution in [0.1, 0.15) is 30.8 Å². The molecule has 0 amide bonds. The van der Waals surface area contributed by atoms with Crippen molar-refractivity contribution < 1.29 is 0 Å². The quantitative estimate of drug-likeness (QED) is 0.903. The van der Waals surface area contributed by atoms with E-state index < -0.39 is 0 Å². The van der Waals surface area contributed by atoms with Crippen molar-refractivity contribution in [2.24, 2.45) is 7.05 Å². The minimum absolute atomic E-state index is 0.305. The fourth-order valence-electron chi connectivity index (χ4n) is 1.87. The van der Waals surface area contributed by atoms with Gasteiger partial charge in [0.15, 0.2) is 0 Å². The summed E-state index contributed by atoms with van der Waals surface area (Å²) in [6.45, 7) is 2.86. The highest BCUT2D eigenvalue weighted by atomic mass is 35.5. The largest absolute Gasteiger partial charge is 0.320 e. The molecule has 0 bridgehead atoms. The second kappa shape index (κ2) is 5.98. The van der Waals surface area contributed by atoms with Crippen LogP contribution in [0, 0.1) is 0 Å². The second-order valence-corrected chi connectivity index (χ2v) is 4.69. The molecule has 0 fully saturated rings. The summed E-state index contributed by atoms with van der Waals surface area (Å²) in [4.78, 5) is 0. The van der Waals surface area contributed by atoms with E-state index in [4.69, 9.17) is 11.6 Å². The van der Waals surface area contributed by atoms with E-state index >= 15 is 0 Å². The van der Waals surface area contributed by atoms with Crippen LogP contribution >= 0.6 is 11.6 Å². The Kier molecular flexibility index (Phi) is 4.33. The van der Waals surface area contributed by atoms with Gasteiger partial charge in [0, 0.05) is 18.1 Å². The highest BCUT2D eigenvalue weighted by Crippen LogP contribution is 2.19. The molecule has 2 rings (SSSR count). The van der Waals surface area contributed by atoms with Gasteiger partial charge in [-0.05, 0) is 24.1 Å². The van der Waals surface area contributed by atoms with Gasteiger partial charge in [0.1, 0.15) is 12.2 Å². The van der Waals surface area contributed by atoms with E-state index in [2.05, 4.69) is 34.6 Å². The van der Waals surface area contributed by atoms with Gasteiger partial charge in [0.05, 0.1) is 6.54 Å². The van der Waals surface area contributed by atoms with E-state index in [9.17, 15) is 0 Å². The summed E-state index contributed by atoms with van der Waals surface area (Å²) >= 11 is 5.90. The van der Waals surface area contributed by atoms with E-state index in [1.807, 2.05) is 23.7 Å². The Bertz CT molecular complexity index is 492. The molecule has 0 spiro atoms. The third-order valence-electron chi connectivity index (χ3n) is 2.99. The van der Waals surface area contributed by atoms with Gasteiger partial charge >= 0.3 is 0 Å². The molecule has 1 heterocycles. The lowest BCUT2D eigenvalue weighted by Crippen LogP contribution is -2.22. The van der Waals surface area contributed by atoms with E-state index in [1.165, 1.54) is 5.56 Å². The first-order valence-electron chi connectivity index (χ1n) is 6.02. The van der Waals surface area contributed by atoms with Crippen LogP contribution in [0.25, 0.3) is 0 Å². The van der Waals surface area contributed by atoms with Gasteiger partial charge in [-0.25, -0.2) is 0 Å². The van der Waals surface area contributed by atoms with E-state index in [0.29, 0.717) is 12.6 Å². The molecule has 1 atom stereocenters. The van der Waals surface area contributed by atoms with Gasteiger partial charge in [-0.2, -0.15) is 0 Å². The van der Waals surface area contributed by atoms with Crippen LogP contribution in [0.2, 0.25) is 5.02 Å². The predicted octanol–water partition coefficient (Wildman–Crippen LogP) is 2.71. The monoisotopic (exact) mass is 264 g/mol. The van der Waals surface area contributed by atoms with Gasteiger partial charge in [0.25, 0.3) is 0 Å². The Hall–Kier alpha value is -1.39. The van der Waals surface area contributed by atoms with Crippen LogP contribution in [0.4, 0.5) is 0 Å². The van der Waals surface area contributed by atoms with E-state index in [-0.39, 0.29) is 0 Å². The molecule has 0 saturated carbocycles. The normalized spacial score (nSPS) is 12.6. The number of benzene rings is 1. The SMILES string of the molecule is CCC(NCc1nncn1C)c1ccc(Cl)cc1. The minimum Gasteiger partial charge on any atom is -0.320 e. The lowest BCUT2D eigenvalue weighted by Gasteiger charge is -2.17. The minimum atomic E-state index is 0.305. The molecule has 1 aromatic carbocycles. The Balaban J connectivity index is 2.01. The van der Waals surface area contributed by atoms with Gasteiger partial charge in [-0.3, -0.25) is 0 Å². The number of nitrogens with one attached hydrogen (secondary N) is 1. The summed E-state index contributed by atoms with van der Waals surface area (Å²) in [5, 5.41) is 12.2. The number of hydrogen-bond acceptors (Lipinski definition) is 3. The van der Waals surface area contributed by atoms with Gasteiger partial charge < -0.3 is 9.88 Å². The van der Waals surface area contributed by atoms with Crippen molar-refractivity contribution in [2.75, 3.05) is 0 Å². The van der Waals surface area contributed by atoms with Crippen LogP contribution in [0.15, 0.2) is 30.6 Å². The average Bonchev–Trinajstić information content (AvgIpc) is 2.78. The van der Waals surface area contributed by atoms with E-state index in [0.717, 1.165) is 17.3 Å². The summed E-state index contributed by atoms with van der Waals surface area (Å²) in [6.07, 6.45) is 2.72.